The maximum atomic E-state index is 12.1. The molecular formula is C13H11BrINOS. The summed E-state index contributed by atoms with van der Waals surface area (Å²) < 4.78 is 1.87. The highest BCUT2D eigenvalue weighted by molar-refractivity contribution is 14.1. The Bertz CT molecular complexity index is 582. The Kier molecular flexibility index (Phi) is 4.80. The molecule has 0 fully saturated rings. The molecule has 1 amide bonds. The molecule has 0 atom stereocenters. The average Bonchev–Trinajstić information content (AvgIpc) is 2.75. The molecule has 0 radical (unpaired) electrons. The number of rotatable bonds is 3. The van der Waals surface area contributed by atoms with E-state index in [-0.39, 0.29) is 5.91 Å². The molecule has 5 heteroatoms. The zero-order valence-corrected chi connectivity index (χ0v) is 14.2. The molecule has 0 aliphatic rings. The lowest BCUT2D eigenvalue weighted by atomic mass is 10.2. The third kappa shape index (κ3) is 3.55. The number of nitrogens with one attached hydrogen (secondary N) is 1. The lowest BCUT2D eigenvalue weighted by Crippen LogP contribution is -2.22. The molecule has 18 heavy (non-hydrogen) atoms. The van der Waals surface area contributed by atoms with Gasteiger partial charge in [0, 0.05) is 17.8 Å². The molecule has 0 bridgehead atoms. The van der Waals surface area contributed by atoms with Gasteiger partial charge in [-0.3, -0.25) is 4.79 Å². The van der Waals surface area contributed by atoms with Gasteiger partial charge in [-0.25, -0.2) is 0 Å². The highest BCUT2D eigenvalue weighted by Crippen LogP contribution is 2.20. The minimum atomic E-state index is -0.0496. The molecule has 0 spiro atoms. The second-order valence-electron chi connectivity index (χ2n) is 3.82. The van der Waals surface area contributed by atoms with E-state index in [0.717, 1.165) is 8.04 Å². The number of thiophene rings is 1. The molecule has 2 nitrogen and oxygen atoms in total. The van der Waals surface area contributed by atoms with Crippen LogP contribution in [0.5, 0.6) is 0 Å². The molecule has 0 saturated heterocycles. The van der Waals surface area contributed by atoms with Crippen LogP contribution in [-0.2, 0) is 6.54 Å². The molecule has 1 N–H and O–H groups in total. The number of hydrogen-bond donors (Lipinski definition) is 1. The zero-order chi connectivity index (χ0) is 13.1. The standard InChI is InChI=1S/C13H11BrINOS/c1-8-2-4-10(18-8)7-16-13(17)11-6-9(15)3-5-12(11)14/h2-6H,7H2,1H3,(H,16,17). The summed E-state index contributed by atoms with van der Waals surface area (Å²) in [5, 5.41) is 2.93. The minimum absolute atomic E-state index is 0.0496. The summed E-state index contributed by atoms with van der Waals surface area (Å²) >= 11 is 7.30. The molecule has 1 heterocycles. The van der Waals surface area contributed by atoms with Gasteiger partial charge in [-0.15, -0.1) is 11.3 Å². The number of benzene rings is 1. The SMILES string of the molecule is Cc1ccc(CNC(=O)c2cc(I)ccc2Br)s1. The molecule has 0 unspecified atom stereocenters. The maximum absolute atomic E-state index is 12.1. The van der Waals surface area contributed by atoms with Crippen LogP contribution in [0.3, 0.4) is 0 Å². The predicted molar refractivity (Wildman–Crippen MR) is 87.1 cm³/mol. The van der Waals surface area contributed by atoms with Gasteiger partial charge in [-0.05, 0) is 75.8 Å². The van der Waals surface area contributed by atoms with Gasteiger partial charge in [0.1, 0.15) is 0 Å². The topological polar surface area (TPSA) is 29.1 Å². The van der Waals surface area contributed by atoms with Crippen molar-refractivity contribution in [1.29, 1.82) is 0 Å². The van der Waals surface area contributed by atoms with E-state index in [4.69, 9.17) is 0 Å². The van der Waals surface area contributed by atoms with Crippen molar-refractivity contribution in [3.63, 3.8) is 0 Å². The number of carbonyl (C=O) groups is 1. The van der Waals surface area contributed by atoms with Crippen molar-refractivity contribution in [2.24, 2.45) is 0 Å². The van der Waals surface area contributed by atoms with E-state index >= 15 is 0 Å². The Morgan fingerprint density at radius 3 is 2.83 bits per heavy atom. The number of hydrogen-bond acceptors (Lipinski definition) is 2. The van der Waals surface area contributed by atoms with E-state index in [0.29, 0.717) is 12.1 Å². The third-order valence-corrected chi connectivity index (χ3v) is 4.76. The minimum Gasteiger partial charge on any atom is -0.347 e. The van der Waals surface area contributed by atoms with Gasteiger partial charge in [-0.1, -0.05) is 0 Å². The molecule has 2 rings (SSSR count). The smallest absolute Gasteiger partial charge is 0.252 e. The first-order valence-corrected chi connectivity index (χ1v) is 8.03. The summed E-state index contributed by atoms with van der Waals surface area (Å²) in [6.45, 7) is 2.64. The van der Waals surface area contributed by atoms with Gasteiger partial charge < -0.3 is 5.32 Å². The molecule has 1 aromatic heterocycles. The first kappa shape index (κ1) is 14.0. The monoisotopic (exact) mass is 435 g/mol. The normalized spacial score (nSPS) is 10.4. The van der Waals surface area contributed by atoms with Gasteiger partial charge in [0.05, 0.1) is 12.1 Å². The molecule has 94 valence electrons. The molecule has 1 aromatic carbocycles. The fraction of sp³-hybridized carbons (Fsp3) is 0.154. The van der Waals surface area contributed by atoms with Crippen molar-refractivity contribution in [3.05, 3.63) is 53.7 Å². The third-order valence-electron chi connectivity index (χ3n) is 2.39. The summed E-state index contributed by atoms with van der Waals surface area (Å²) in [5.74, 6) is -0.0496. The van der Waals surface area contributed by atoms with Gasteiger partial charge in [0.2, 0.25) is 0 Å². The number of amides is 1. The highest BCUT2D eigenvalue weighted by Gasteiger charge is 2.10. The van der Waals surface area contributed by atoms with E-state index < -0.39 is 0 Å². The van der Waals surface area contributed by atoms with E-state index in [1.165, 1.54) is 9.75 Å². The number of aryl methyl sites for hydroxylation is 1. The van der Waals surface area contributed by atoms with Gasteiger partial charge >= 0.3 is 0 Å². The van der Waals surface area contributed by atoms with Gasteiger partial charge in [0.15, 0.2) is 0 Å². The average molecular weight is 436 g/mol. The van der Waals surface area contributed by atoms with Gasteiger partial charge in [-0.2, -0.15) is 0 Å². The van der Waals surface area contributed by atoms with E-state index in [1.807, 2.05) is 24.3 Å². The van der Waals surface area contributed by atoms with Crippen LogP contribution in [-0.4, -0.2) is 5.91 Å². The Morgan fingerprint density at radius 2 is 2.17 bits per heavy atom. The van der Waals surface area contributed by atoms with Crippen LogP contribution >= 0.6 is 49.9 Å². The van der Waals surface area contributed by atoms with Gasteiger partial charge in [0.25, 0.3) is 5.91 Å². The maximum Gasteiger partial charge on any atom is 0.252 e. The fourth-order valence-corrected chi connectivity index (χ4v) is 3.26. The lowest BCUT2D eigenvalue weighted by Gasteiger charge is -2.06. The Hall–Kier alpha value is -0.400. The Morgan fingerprint density at radius 1 is 1.39 bits per heavy atom. The summed E-state index contributed by atoms with van der Waals surface area (Å²) in [4.78, 5) is 14.5. The summed E-state index contributed by atoms with van der Waals surface area (Å²) in [5.41, 5.74) is 0.676. The summed E-state index contributed by atoms with van der Waals surface area (Å²) in [6.07, 6.45) is 0. The Balaban J connectivity index is 2.05. The second-order valence-corrected chi connectivity index (χ2v) is 7.29. The number of halogens is 2. The quantitative estimate of drug-likeness (QED) is 0.713. The lowest BCUT2D eigenvalue weighted by molar-refractivity contribution is 0.0950. The van der Waals surface area contributed by atoms with Crippen LogP contribution in [0.2, 0.25) is 0 Å². The largest absolute Gasteiger partial charge is 0.347 e. The predicted octanol–water partition coefficient (Wildman–Crippen LogP) is 4.35. The molecule has 0 aliphatic carbocycles. The van der Waals surface area contributed by atoms with Crippen molar-refractivity contribution in [1.82, 2.24) is 5.32 Å². The van der Waals surface area contributed by atoms with Crippen LogP contribution in [0.25, 0.3) is 0 Å². The number of carbonyl (C=O) groups excluding carboxylic acids is 1. The first-order valence-electron chi connectivity index (χ1n) is 5.35. The first-order chi connectivity index (χ1) is 8.56. The molecule has 0 aliphatic heterocycles. The van der Waals surface area contributed by atoms with E-state index in [2.05, 4.69) is 56.8 Å². The van der Waals surface area contributed by atoms with Crippen molar-refractivity contribution in [3.8, 4) is 0 Å². The summed E-state index contributed by atoms with van der Waals surface area (Å²) in [7, 11) is 0. The van der Waals surface area contributed by atoms with Crippen molar-refractivity contribution >= 4 is 55.8 Å². The summed E-state index contributed by atoms with van der Waals surface area (Å²) in [6, 6.07) is 9.84. The van der Waals surface area contributed by atoms with Crippen LogP contribution in [0.15, 0.2) is 34.8 Å². The van der Waals surface area contributed by atoms with Crippen molar-refractivity contribution < 1.29 is 4.79 Å². The zero-order valence-electron chi connectivity index (χ0n) is 9.67. The van der Waals surface area contributed by atoms with E-state index in [1.54, 1.807) is 11.3 Å². The molecule has 2 aromatic rings. The second kappa shape index (κ2) is 6.16. The van der Waals surface area contributed by atoms with Crippen molar-refractivity contribution in [2.75, 3.05) is 0 Å². The van der Waals surface area contributed by atoms with Crippen LogP contribution in [0.1, 0.15) is 20.1 Å². The van der Waals surface area contributed by atoms with Crippen LogP contribution in [0, 0.1) is 10.5 Å². The van der Waals surface area contributed by atoms with Crippen molar-refractivity contribution in [2.45, 2.75) is 13.5 Å². The van der Waals surface area contributed by atoms with E-state index in [9.17, 15) is 4.79 Å². The van der Waals surface area contributed by atoms with Crippen LogP contribution < -0.4 is 5.32 Å². The Labute approximate surface area is 132 Å². The molecular weight excluding hydrogens is 425 g/mol. The fourth-order valence-electron chi connectivity index (χ4n) is 1.51. The highest BCUT2D eigenvalue weighted by atomic mass is 127. The van der Waals surface area contributed by atoms with Crippen LogP contribution in [0.4, 0.5) is 0 Å². The molecule has 0 saturated carbocycles.